The molecule has 9 nitrogen and oxygen atoms in total. The zero-order chi connectivity index (χ0) is 17.6. The lowest BCUT2D eigenvalue weighted by molar-refractivity contribution is 0.187. The van der Waals surface area contributed by atoms with E-state index in [9.17, 15) is 4.79 Å². The number of amides is 1. The van der Waals surface area contributed by atoms with Crippen molar-refractivity contribution in [1.29, 1.82) is 0 Å². The molecular formula is C16H17N7O2. The van der Waals surface area contributed by atoms with Gasteiger partial charge in [0.15, 0.2) is 17.5 Å². The fourth-order valence-corrected chi connectivity index (χ4v) is 2.09. The van der Waals surface area contributed by atoms with Crippen LogP contribution >= 0.6 is 0 Å². The molecule has 3 aromatic rings. The number of hydrogen-bond donors (Lipinski definition) is 4. The predicted octanol–water partition coefficient (Wildman–Crippen LogP) is 3.17. The summed E-state index contributed by atoms with van der Waals surface area (Å²) in [5, 5.41) is 15.7. The number of nitrogens with one attached hydrogen (secondary N) is 4. The second-order valence-electron chi connectivity index (χ2n) is 5.17. The second-order valence-corrected chi connectivity index (χ2v) is 5.17. The molecule has 0 spiro atoms. The maximum Gasteiger partial charge on any atom is 0.411 e. The van der Waals surface area contributed by atoms with Crippen LogP contribution in [0.1, 0.15) is 5.69 Å². The summed E-state index contributed by atoms with van der Waals surface area (Å²) in [5.41, 5.74) is 2.29. The third-order valence-corrected chi connectivity index (χ3v) is 3.16. The van der Waals surface area contributed by atoms with E-state index < -0.39 is 6.09 Å². The van der Waals surface area contributed by atoms with Crippen LogP contribution in [0.3, 0.4) is 0 Å². The zero-order valence-corrected chi connectivity index (χ0v) is 13.7. The lowest BCUT2D eigenvalue weighted by Crippen LogP contribution is -2.10. The molecule has 0 fully saturated rings. The number of H-pyrrole nitrogens is 1. The van der Waals surface area contributed by atoms with Crippen LogP contribution in [0, 0.1) is 6.92 Å². The van der Waals surface area contributed by atoms with Gasteiger partial charge in [0.2, 0.25) is 0 Å². The molecule has 1 amide bonds. The molecule has 128 valence electrons. The van der Waals surface area contributed by atoms with Crippen molar-refractivity contribution in [1.82, 2.24) is 20.2 Å². The molecule has 0 aliphatic rings. The van der Waals surface area contributed by atoms with E-state index in [0.717, 1.165) is 11.4 Å². The fourth-order valence-electron chi connectivity index (χ4n) is 2.09. The Balaban J connectivity index is 1.71. The number of benzene rings is 1. The van der Waals surface area contributed by atoms with Crippen molar-refractivity contribution in [2.75, 3.05) is 23.1 Å². The molecule has 0 unspecified atom stereocenters. The van der Waals surface area contributed by atoms with Crippen molar-refractivity contribution in [3.05, 3.63) is 48.4 Å². The van der Waals surface area contributed by atoms with Gasteiger partial charge in [-0.3, -0.25) is 15.4 Å². The first-order valence-electron chi connectivity index (χ1n) is 7.45. The maximum absolute atomic E-state index is 11.3. The van der Waals surface area contributed by atoms with E-state index in [1.54, 1.807) is 30.6 Å². The molecule has 25 heavy (non-hydrogen) atoms. The molecule has 2 heterocycles. The summed E-state index contributed by atoms with van der Waals surface area (Å²) in [5.74, 6) is 1.76. The van der Waals surface area contributed by atoms with Crippen LogP contribution in [0.15, 0.2) is 42.7 Å². The van der Waals surface area contributed by atoms with Crippen molar-refractivity contribution in [2.45, 2.75) is 6.92 Å². The van der Waals surface area contributed by atoms with E-state index in [4.69, 9.17) is 0 Å². The van der Waals surface area contributed by atoms with Crippen molar-refractivity contribution >= 4 is 34.9 Å². The van der Waals surface area contributed by atoms with Gasteiger partial charge in [-0.15, -0.1) is 0 Å². The SMILES string of the molecule is COC(=O)Nc1cccc(Nc2cncc(Nc3cc(C)[nH]n3)n2)c1. The number of hydrogen-bond acceptors (Lipinski definition) is 7. The standard InChI is InChI=1S/C16H17N7O2/c1-10-6-13(23-22-10)20-15-9-17-8-14(21-15)18-11-4-3-5-12(7-11)19-16(24)25-2/h3-9H,1-2H3,(H,19,24)(H3,18,20,21,22,23). The highest BCUT2D eigenvalue weighted by Gasteiger charge is 2.05. The van der Waals surface area contributed by atoms with Crippen LogP contribution in [0.4, 0.5) is 33.6 Å². The van der Waals surface area contributed by atoms with E-state index >= 15 is 0 Å². The summed E-state index contributed by atoms with van der Waals surface area (Å²) in [6.07, 6.45) is 2.67. The van der Waals surface area contributed by atoms with Crippen molar-refractivity contribution in [3.63, 3.8) is 0 Å². The first-order valence-corrected chi connectivity index (χ1v) is 7.45. The number of anilines is 5. The molecular weight excluding hydrogens is 322 g/mol. The quantitative estimate of drug-likeness (QED) is 0.564. The number of rotatable bonds is 5. The van der Waals surface area contributed by atoms with Gasteiger partial charge in [0.05, 0.1) is 19.5 Å². The van der Waals surface area contributed by atoms with Gasteiger partial charge in [-0.05, 0) is 25.1 Å². The number of nitrogens with zero attached hydrogens (tertiary/aromatic N) is 3. The first kappa shape index (κ1) is 16.2. The Labute approximate surface area is 143 Å². The summed E-state index contributed by atoms with van der Waals surface area (Å²) in [7, 11) is 1.31. The topological polar surface area (TPSA) is 117 Å². The number of aryl methyl sites for hydroxylation is 1. The number of carbonyl (C=O) groups is 1. The number of ether oxygens (including phenoxy) is 1. The van der Waals surface area contributed by atoms with Gasteiger partial charge >= 0.3 is 6.09 Å². The molecule has 0 atom stereocenters. The second kappa shape index (κ2) is 7.30. The van der Waals surface area contributed by atoms with Gasteiger partial charge in [0, 0.05) is 23.1 Å². The molecule has 0 bridgehead atoms. The van der Waals surface area contributed by atoms with Gasteiger partial charge in [0.1, 0.15) is 0 Å². The molecule has 0 aliphatic heterocycles. The largest absolute Gasteiger partial charge is 0.453 e. The minimum Gasteiger partial charge on any atom is -0.453 e. The average Bonchev–Trinajstić information content (AvgIpc) is 3.00. The number of aromatic nitrogens is 4. The number of methoxy groups -OCH3 is 1. The van der Waals surface area contributed by atoms with E-state index in [2.05, 4.69) is 40.9 Å². The van der Waals surface area contributed by atoms with Crippen molar-refractivity contribution in [2.24, 2.45) is 0 Å². The Morgan fingerprint density at radius 1 is 1.08 bits per heavy atom. The van der Waals surface area contributed by atoms with E-state index in [1.807, 2.05) is 19.1 Å². The molecule has 3 rings (SSSR count). The minimum atomic E-state index is -0.530. The van der Waals surface area contributed by atoms with E-state index in [-0.39, 0.29) is 0 Å². The van der Waals surface area contributed by atoms with Crippen LogP contribution < -0.4 is 16.0 Å². The van der Waals surface area contributed by atoms with E-state index in [1.165, 1.54) is 7.11 Å². The van der Waals surface area contributed by atoms with E-state index in [0.29, 0.717) is 23.1 Å². The highest BCUT2D eigenvalue weighted by Crippen LogP contribution is 2.20. The van der Waals surface area contributed by atoms with Crippen LogP contribution in [-0.2, 0) is 4.74 Å². The van der Waals surface area contributed by atoms with Crippen LogP contribution in [0.25, 0.3) is 0 Å². The average molecular weight is 339 g/mol. The highest BCUT2D eigenvalue weighted by atomic mass is 16.5. The summed E-state index contributed by atoms with van der Waals surface area (Å²) in [6.45, 7) is 1.91. The molecule has 1 aromatic carbocycles. The Hall–Kier alpha value is -3.62. The molecule has 0 radical (unpaired) electrons. The van der Waals surface area contributed by atoms with Gasteiger partial charge in [-0.1, -0.05) is 6.07 Å². The van der Waals surface area contributed by atoms with Crippen LogP contribution in [0.2, 0.25) is 0 Å². The van der Waals surface area contributed by atoms with Gasteiger partial charge in [-0.2, -0.15) is 5.10 Å². The van der Waals surface area contributed by atoms with Crippen LogP contribution in [0.5, 0.6) is 0 Å². The normalized spacial score (nSPS) is 10.2. The lowest BCUT2D eigenvalue weighted by atomic mass is 10.3. The third kappa shape index (κ3) is 4.44. The van der Waals surface area contributed by atoms with Crippen molar-refractivity contribution in [3.8, 4) is 0 Å². The molecule has 4 N–H and O–H groups in total. The Kier molecular flexibility index (Phi) is 4.74. The molecule has 0 saturated heterocycles. The minimum absolute atomic E-state index is 0.530. The maximum atomic E-state index is 11.3. The van der Waals surface area contributed by atoms with Crippen LogP contribution in [-0.4, -0.2) is 33.4 Å². The highest BCUT2D eigenvalue weighted by molar-refractivity contribution is 5.85. The van der Waals surface area contributed by atoms with Gasteiger partial charge < -0.3 is 15.4 Å². The van der Waals surface area contributed by atoms with Gasteiger partial charge in [-0.25, -0.2) is 9.78 Å². The zero-order valence-electron chi connectivity index (χ0n) is 13.7. The molecule has 0 saturated carbocycles. The Bertz CT molecular complexity index is 878. The Morgan fingerprint density at radius 2 is 1.84 bits per heavy atom. The summed E-state index contributed by atoms with van der Waals surface area (Å²) >= 11 is 0. The number of carbonyl (C=O) groups excluding carboxylic acids is 1. The molecule has 2 aromatic heterocycles. The first-order chi connectivity index (χ1) is 12.1. The summed E-state index contributed by atoms with van der Waals surface area (Å²) in [6, 6.07) is 9.03. The predicted molar refractivity (Wildman–Crippen MR) is 94.4 cm³/mol. The molecule has 0 aliphatic carbocycles. The Morgan fingerprint density at radius 3 is 2.56 bits per heavy atom. The summed E-state index contributed by atoms with van der Waals surface area (Å²) in [4.78, 5) is 19.9. The van der Waals surface area contributed by atoms with Crippen molar-refractivity contribution < 1.29 is 9.53 Å². The third-order valence-electron chi connectivity index (χ3n) is 3.16. The lowest BCUT2D eigenvalue weighted by Gasteiger charge is -2.09. The smallest absolute Gasteiger partial charge is 0.411 e. The fraction of sp³-hybridized carbons (Fsp3) is 0.125. The summed E-state index contributed by atoms with van der Waals surface area (Å²) < 4.78 is 4.58. The molecule has 9 heteroatoms. The van der Waals surface area contributed by atoms with Gasteiger partial charge in [0.25, 0.3) is 0 Å². The monoisotopic (exact) mass is 339 g/mol. The number of aromatic amines is 1.